The third kappa shape index (κ3) is 3.71. The molecule has 2 aromatic heterocycles. The number of esters is 1. The van der Waals surface area contributed by atoms with Crippen LogP contribution >= 0.6 is 0 Å². The van der Waals surface area contributed by atoms with Gasteiger partial charge < -0.3 is 10.5 Å². The van der Waals surface area contributed by atoms with Gasteiger partial charge in [0.2, 0.25) is 5.95 Å². The van der Waals surface area contributed by atoms with E-state index in [-0.39, 0.29) is 18.3 Å². The Balaban J connectivity index is 1.76. The lowest BCUT2D eigenvalue weighted by molar-refractivity contribution is -0.153. The van der Waals surface area contributed by atoms with Crippen LogP contribution in [0.2, 0.25) is 0 Å². The normalized spacial score (nSPS) is 11.6. The molecule has 0 bridgehead atoms. The summed E-state index contributed by atoms with van der Waals surface area (Å²) >= 11 is 0. The van der Waals surface area contributed by atoms with E-state index in [2.05, 4.69) is 10.1 Å². The number of carbonyl (C=O) groups is 1. The van der Waals surface area contributed by atoms with Gasteiger partial charge in [-0.2, -0.15) is 4.98 Å². The van der Waals surface area contributed by atoms with Gasteiger partial charge in [-0.25, -0.2) is 4.52 Å². The second kappa shape index (κ2) is 5.96. The van der Waals surface area contributed by atoms with Gasteiger partial charge >= 0.3 is 5.97 Å². The summed E-state index contributed by atoms with van der Waals surface area (Å²) < 4.78 is 6.99. The van der Waals surface area contributed by atoms with Crippen molar-refractivity contribution < 1.29 is 9.53 Å². The summed E-state index contributed by atoms with van der Waals surface area (Å²) in [6.45, 7) is 5.59. The standard InChI is InChI=1S/C18H20N4O2/c1-18(2,3)24-16(23)10-12-4-6-13(7-5-12)14-8-9-15-20-17(19)21-22(15)11-14/h4-9,11H,10H2,1-3H3,(H2,19,21). The zero-order valence-electron chi connectivity index (χ0n) is 14.0. The Morgan fingerprint density at radius 2 is 1.79 bits per heavy atom. The lowest BCUT2D eigenvalue weighted by Gasteiger charge is -2.19. The van der Waals surface area contributed by atoms with Gasteiger partial charge in [-0.1, -0.05) is 24.3 Å². The van der Waals surface area contributed by atoms with E-state index >= 15 is 0 Å². The molecule has 6 nitrogen and oxygen atoms in total. The fraction of sp³-hybridized carbons (Fsp3) is 0.278. The van der Waals surface area contributed by atoms with Crippen molar-refractivity contribution in [1.29, 1.82) is 0 Å². The lowest BCUT2D eigenvalue weighted by atomic mass is 10.0. The predicted octanol–water partition coefficient (Wildman–Crippen LogP) is 2.86. The maximum atomic E-state index is 11.9. The molecule has 2 N–H and O–H groups in total. The highest BCUT2D eigenvalue weighted by atomic mass is 16.6. The van der Waals surface area contributed by atoms with Crippen LogP contribution in [-0.2, 0) is 16.0 Å². The van der Waals surface area contributed by atoms with Crippen molar-refractivity contribution in [3.63, 3.8) is 0 Å². The summed E-state index contributed by atoms with van der Waals surface area (Å²) in [6, 6.07) is 11.6. The summed E-state index contributed by atoms with van der Waals surface area (Å²) in [7, 11) is 0. The topological polar surface area (TPSA) is 82.5 Å². The molecule has 0 spiro atoms. The van der Waals surface area contributed by atoms with Crippen molar-refractivity contribution in [3.8, 4) is 11.1 Å². The highest BCUT2D eigenvalue weighted by Gasteiger charge is 2.16. The second-order valence-corrected chi connectivity index (χ2v) is 6.65. The first-order valence-electron chi connectivity index (χ1n) is 7.73. The SMILES string of the molecule is CC(C)(C)OC(=O)Cc1ccc(-c2ccc3nc(N)nn3c2)cc1. The van der Waals surface area contributed by atoms with Crippen molar-refractivity contribution in [3.05, 3.63) is 48.2 Å². The monoisotopic (exact) mass is 324 g/mol. The molecule has 3 rings (SSSR count). The summed E-state index contributed by atoms with van der Waals surface area (Å²) in [5, 5.41) is 4.11. The van der Waals surface area contributed by atoms with E-state index in [1.807, 2.05) is 63.4 Å². The third-order valence-corrected chi connectivity index (χ3v) is 3.40. The van der Waals surface area contributed by atoms with Gasteiger partial charge in [-0.05, 0) is 44.0 Å². The maximum absolute atomic E-state index is 11.9. The van der Waals surface area contributed by atoms with E-state index in [4.69, 9.17) is 10.5 Å². The first-order valence-corrected chi connectivity index (χ1v) is 7.73. The van der Waals surface area contributed by atoms with Crippen LogP contribution < -0.4 is 5.73 Å². The smallest absolute Gasteiger partial charge is 0.310 e. The number of aromatic nitrogens is 3. The molecule has 6 heteroatoms. The zero-order chi connectivity index (χ0) is 17.3. The van der Waals surface area contributed by atoms with Crippen molar-refractivity contribution in [2.45, 2.75) is 32.8 Å². The summed E-state index contributed by atoms with van der Waals surface area (Å²) in [6.07, 6.45) is 2.14. The minimum Gasteiger partial charge on any atom is -0.460 e. The average Bonchev–Trinajstić information content (AvgIpc) is 2.85. The zero-order valence-corrected chi connectivity index (χ0v) is 14.0. The Kier molecular flexibility index (Phi) is 3.97. The number of nitrogens with two attached hydrogens (primary N) is 1. The molecule has 0 amide bonds. The molecule has 0 unspecified atom stereocenters. The van der Waals surface area contributed by atoms with Crippen LogP contribution in [0.1, 0.15) is 26.3 Å². The van der Waals surface area contributed by atoms with Crippen LogP contribution in [0.4, 0.5) is 5.95 Å². The van der Waals surface area contributed by atoms with E-state index < -0.39 is 5.60 Å². The number of fused-ring (bicyclic) bond motifs is 1. The van der Waals surface area contributed by atoms with Crippen LogP contribution in [0.5, 0.6) is 0 Å². The van der Waals surface area contributed by atoms with Crippen LogP contribution in [0, 0.1) is 0 Å². The molecule has 2 heterocycles. The maximum Gasteiger partial charge on any atom is 0.310 e. The Morgan fingerprint density at radius 1 is 1.12 bits per heavy atom. The minimum absolute atomic E-state index is 0.227. The first kappa shape index (κ1) is 16.0. The predicted molar refractivity (Wildman–Crippen MR) is 92.4 cm³/mol. The third-order valence-electron chi connectivity index (χ3n) is 3.40. The van der Waals surface area contributed by atoms with Gasteiger partial charge in [0.25, 0.3) is 0 Å². The van der Waals surface area contributed by atoms with Gasteiger partial charge in [0.1, 0.15) is 5.60 Å². The van der Waals surface area contributed by atoms with E-state index in [1.165, 1.54) is 0 Å². The molecule has 0 aliphatic carbocycles. The molecule has 1 aromatic carbocycles. The highest BCUT2D eigenvalue weighted by Crippen LogP contribution is 2.21. The van der Waals surface area contributed by atoms with E-state index in [9.17, 15) is 4.79 Å². The summed E-state index contributed by atoms with van der Waals surface area (Å²) in [5.41, 5.74) is 8.78. The molecule has 0 saturated heterocycles. The van der Waals surface area contributed by atoms with Crippen LogP contribution in [0.3, 0.4) is 0 Å². The molecule has 0 atom stereocenters. The number of rotatable bonds is 3. The average molecular weight is 324 g/mol. The number of hydrogen-bond acceptors (Lipinski definition) is 5. The largest absolute Gasteiger partial charge is 0.460 e. The number of ether oxygens (including phenoxy) is 1. The molecule has 0 saturated carbocycles. The summed E-state index contributed by atoms with van der Waals surface area (Å²) in [4.78, 5) is 16.0. The Labute approximate surface area is 140 Å². The number of carbonyl (C=O) groups excluding carboxylic acids is 1. The number of nitrogen functional groups attached to an aromatic ring is 1. The van der Waals surface area contributed by atoms with Gasteiger partial charge in [-0.3, -0.25) is 4.79 Å². The van der Waals surface area contributed by atoms with E-state index in [0.717, 1.165) is 16.7 Å². The Morgan fingerprint density at radius 3 is 2.46 bits per heavy atom. The molecule has 0 radical (unpaired) electrons. The lowest BCUT2D eigenvalue weighted by Crippen LogP contribution is -2.24. The summed E-state index contributed by atoms with van der Waals surface area (Å²) in [5.74, 6) is 0.0228. The van der Waals surface area contributed by atoms with Crippen molar-refractivity contribution in [2.24, 2.45) is 0 Å². The number of hydrogen-bond donors (Lipinski definition) is 1. The number of nitrogens with zero attached hydrogens (tertiary/aromatic N) is 3. The quantitative estimate of drug-likeness (QED) is 0.749. The van der Waals surface area contributed by atoms with Gasteiger partial charge in [0, 0.05) is 11.8 Å². The van der Waals surface area contributed by atoms with Crippen molar-refractivity contribution in [2.75, 3.05) is 5.73 Å². The fourth-order valence-electron chi connectivity index (χ4n) is 2.43. The molecule has 0 aliphatic rings. The molecule has 124 valence electrons. The van der Waals surface area contributed by atoms with Gasteiger partial charge in [0.05, 0.1) is 6.42 Å². The number of pyridine rings is 1. The number of anilines is 1. The van der Waals surface area contributed by atoms with Crippen molar-refractivity contribution >= 4 is 17.6 Å². The fourth-order valence-corrected chi connectivity index (χ4v) is 2.43. The van der Waals surface area contributed by atoms with Crippen molar-refractivity contribution in [1.82, 2.24) is 14.6 Å². The molecular formula is C18H20N4O2. The van der Waals surface area contributed by atoms with E-state index in [1.54, 1.807) is 4.52 Å². The Bertz CT molecular complexity index is 876. The second-order valence-electron chi connectivity index (χ2n) is 6.65. The molecule has 3 aromatic rings. The molecule has 0 fully saturated rings. The highest BCUT2D eigenvalue weighted by molar-refractivity contribution is 5.73. The minimum atomic E-state index is -0.466. The van der Waals surface area contributed by atoms with E-state index in [0.29, 0.717) is 5.65 Å². The molecule has 24 heavy (non-hydrogen) atoms. The van der Waals surface area contributed by atoms with Crippen LogP contribution in [0.15, 0.2) is 42.6 Å². The molecular weight excluding hydrogens is 304 g/mol. The van der Waals surface area contributed by atoms with Crippen LogP contribution in [0.25, 0.3) is 16.8 Å². The van der Waals surface area contributed by atoms with Gasteiger partial charge in [-0.15, -0.1) is 5.10 Å². The van der Waals surface area contributed by atoms with Gasteiger partial charge in [0.15, 0.2) is 5.65 Å². The first-order chi connectivity index (χ1) is 11.3. The molecule has 0 aliphatic heterocycles. The van der Waals surface area contributed by atoms with Crippen LogP contribution in [-0.4, -0.2) is 26.2 Å². The number of benzene rings is 1. The Hall–Kier alpha value is -2.89.